The lowest BCUT2D eigenvalue weighted by Crippen LogP contribution is -2.39. The van der Waals surface area contributed by atoms with Crippen LogP contribution in [0.4, 0.5) is 5.69 Å². The molecule has 3 rings (SSSR count). The molecule has 2 aromatic rings. The second-order valence-electron chi connectivity index (χ2n) is 7.23. The molecule has 1 aliphatic rings. The molecule has 0 aliphatic carbocycles. The van der Waals surface area contributed by atoms with E-state index in [2.05, 4.69) is 4.72 Å². The molecule has 11 heteroatoms. The zero-order valence-electron chi connectivity index (χ0n) is 17.3. The summed E-state index contributed by atoms with van der Waals surface area (Å²) < 4.78 is 57.9. The Morgan fingerprint density at radius 3 is 2.00 bits per heavy atom. The summed E-state index contributed by atoms with van der Waals surface area (Å²) in [5.74, 6) is 0. The highest BCUT2D eigenvalue weighted by Crippen LogP contribution is 2.19. The molecule has 9 nitrogen and oxygen atoms in total. The summed E-state index contributed by atoms with van der Waals surface area (Å²) in [7, 11) is -7.50. The standard InChI is InChI=1S/C13H21N3O3S.C7H8O3S/c14-10-13(17)11-4-6-12(7-5-11)15-20(18,19)16-8-2-1-3-9-16;1-6-2-4-7(5-3-6)11(8,9)10/h4-7,13,15,17H,1-3,8-10,14H2;2-5H,1H3,(H,8,9,10). The molecular weight excluding hydrogens is 442 g/mol. The van der Waals surface area contributed by atoms with Crippen molar-refractivity contribution in [3.05, 3.63) is 59.7 Å². The molecule has 31 heavy (non-hydrogen) atoms. The van der Waals surface area contributed by atoms with Crippen LogP contribution in [0, 0.1) is 6.92 Å². The van der Waals surface area contributed by atoms with E-state index in [0.717, 1.165) is 24.8 Å². The molecule has 0 amide bonds. The molecule has 0 bridgehead atoms. The average molecular weight is 472 g/mol. The Bertz CT molecular complexity index is 1030. The van der Waals surface area contributed by atoms with Crippen LogP contribution >= 0.6 is 0 Å². The van der Waals surface area contributed by atoms with Crippen LogP contribution in [-0.4, -0.2) is 50.4 Å². The van der Waals surface area contributed by atoms with Gasteiger partial charge in [-0.25, -0.2) is 0 Å². The minimum atomic E-state index is -4.02. The monoisotopic (exact) mass is 471 g/mol. The highest BCUT2D eigenvalue weighted by atomic mass is 32.2. The summed E-state index contributed by atoms with van der Waals surface area (Å²) >= 11 is 0. The van der Waals surface area contributed by atoms with E-state index in [4.69, 9.17) is 10.3 Å². The van der Waals surface area contributed by atoms with Crippen LogP contribution < -0.4 is 10.5 Å². The van der Waals surface area contributed by atoms with Crippen LogP contribution in [0.1, 0.15) is 36.5 Å². The van der Waals surface area contributed by atoms with Gasteiger partial charge in [0.15, 0.2) is 0 Å². The highest BCUT2D eigenvalue weighted by molar-refractivity contribution is 7.90. The molecule has 1 aliphatic heterocycles. The van der Waals surface area contributed by atoms with Gasteiger partial charge in [0.2, 0.25) is 0 Å². The summed E-state index contributed by atoms with van der Waals surface area (Å²) in [5, 5.41) is 9.58. The van der Waals surface area contributed by atoms with Gasteiger partial charge in [-0.1, -0.05) is 36.2 Å². The Labute approximate surface area is 183 Å². The molecule has 2 aromatic carbocycles. The number of rotatable bonds is 6. The van der Waals surface area contributed by atoms with Crippen molar-refractivity contribution in [3.8, 4) is 0 Å². The third kappa shape index (κ3) is 7.87. The van der Waals surface area contributed by atoms with E-state index in [0.29, 0.717) is 24.3 Å². The molecule has 172 valence electrons. The highest BCUT2D eigenvalue weighted by Gasteiger charge is 2.23. The lowest BCUT2D eigenvalue weighted by atomic mass is 10.1. The minimum Gasteiger partial charge on any atom is -0.387 e. The largest absolute Gasteiger partial charge is 0.387 e. The van der Waals surface area contributed by atoms with Crippen molar-refractivity contribution in [1.82, 2.24) is 4.31 Å². The normalized spacial score (nSPS) is 16.1. The molecule has 1 heterocycles. The average Bonchev–Trinajstić information content (AvgIpc) is 2.74. The molecular formula is C20H29N3O6S2. The van der Waals surface area contributed by atoms with Crippen LogP contribution in [-0.2, 0) is 20.3 Å². The number of nitrogens with two attached hydrogens (primary N) is 1. The second-order valence-corrected chi connectivity index (χ2v) is 10.3. The van der Waals surface area contributed by atoms with Gasteiger partial charge in [-0.3, -0.25) is 9.27 Å². The SMILES string of the molecule is Cc1ccc(S(=O)(=O)O)cc1.NCC(O)c1ccc(NS(=O)(=O)N2CCCCC2)cc1. The van der Waals surface area contributed by atoms with Crippen LogP contribution in [0.25, 0.3) is 0 Å². The number of aliphatic hydroxyl groups excluding tert-OH is 1. The number of anilines is 1. The van der Waals surface area contributed by atoms with E-state index in [1.807, 2.05) is 6.92 Å². The molecule has 1 atom stereocenters. The van der Waals surface area contributed by atoms with Crippen LogP contribution in [0.15, 0.2) is 53.4 Å². The fourth-order valence-corrected chi connectivity index (χ4v) is 4.72. The van der Waals surface area contributed by atoms with Crippen LogP contribution in [0.3, 0.4) is 0 Å². The van der Waals surface area contributed by atoms with Gasteiger partial charge in [0.05, 0.1) is 11.0 Å². The first kappa shape index (κ1) is 25.2. The molecule has 1 unspecified atom stereocenters. The zero-order chi connectivity index (χ0) is 23.1. The van der Waals surface area contributed by atoms with E-state index in [1.54, 1.807) is 36.4 Å². The van der Waals surface area contributed by atoms with Gasteiger partial charge in [-0.05, 0) is 49.6 Å². The van der Waals surface area contributed by atoms with Gasteiger partial charge in [0.25, 0.3) is 10.1 Å². The summed E-state index contributed by atoms with van der Waals surface area (Å²) in [6.45, 7) is 3.12. The molecule has 1 fully saturated rings. The predicted octanol–water partition coefficient (Wildman–Crippen LogP) is 2.06. The lowest BCUT2D eigenvalue weighted by Gasteiger charge is -2.26. The zero-order valence-corrected chi connectivity index (χ0v) is 18.9. The van der Waals surface area contributed by atoms with Gasteiger partial charge in [0, 0.05) is 25.3 Å². The molecule has 0 spiro atoms. The smallest absolute Gasteiger partial charge is 0.301 e. The first-order valence-electron chi connectivity index (χ1n) is 9.83. The predicted molar refractivity (Wildman–Crippen MR) is 119 cm³/mol. The number of nitrogens with one attached hydrogen (secondary N) is 1. The van der Waals surface area contributed by atoms with E-state index in [-0.39, 0.29) is 11.4 Å². The summed E-state index contributed by atoms with van der Waals surface area (Å²) in [6, 6.07) is 12.6. The maximum absolute atomic E-state index is 12.2. The number of benzene rings is 2. The third-order valence-electron chi connectivity index (χ3n) is 4.74. The minimum absolute atomic E-state index is 0.0666. The number of nitrogens with zero attached hydrogens (tertiary/aromatic N) is 1. The van der Waals surface area contributed by atoms with E-state index in [1.165, 1.54) is 16.4 Å². The maximum Gasteiger partial charge on any atom is 0.301 e. The number of aliphatic hydroxyl groups is 1. The fraction of sp³-hybridized carbons (Fsp3) is 0.400. The summed E-state index contributed by atoms with van der Waals surface area (Å²) in [6.07, 6.45) is 2.17. The Morgan fingerprint density at radius 2 is 1.52 bits per heavy atom. The van der Waals surface area contributed by atoms with E-state index < -0.39 is 26.4 Å². The van der Waals surface area contributed by atoms with Crippen LogP contribution in [0.2, 0.25) is 0 Å². The molecule has 0 aromatic heterocycles. The van der Waals surface area contributed by atoms with Crippen molar-refractivity contribution in [2.24, 2.45) is 5.73 Å². The molecule has 5 N–H and O–H groups in total. The van der Waals surface area contributed by atoms with Crippen molar-refractivity contribution in [2.75, 3.05) is 24.4 Å². The van der Waals surface area contributed by atoms with Crippen molar-refractivity contribution >= 4 is 26.0 Å². The van der Waals surface area contributed by atoms with Crippen molar-refractivity contribution in [1.29, 1.82) is 0 Å². The third-order valence-corrected chi connectivity index (χ3v) is 7.15. The van der Waals surface area contributed by atoms with Gasteiger partial charge >= 0.3 is 10.2 Å². The second kappa shape index (κ2) is 11.0. The topological polar surface area (TPSA) is 150 Å². The lowest BCUT2D eigenvalue weighted by molar-refractivity contribution is 0.187. The molecule has 1 saturated heterocycles. The Hall–Kier alpha value is -2.02. The first-order valence-corrected chi connectivity index (χ1v) is 12.7. The number of hydrogen-bond acceptors (Lipinski definition) is 6. The van der Waals surface area contributed by atoms with Crippen molar-refractivity contribution in [3.63, 3.8) is 0 Å². The van der Waals surface area contributed by atoms with Gasteiger partial charge in [0.1, 0.15) is 0 Å². The quantitative estimate of drug-likeness (QED) is 0.471. The Morgan fingerprint density at radius 1 is 0.968 bits per heavy atom. The van der Waals surface area contributed by atoms with E-state index in [9.17, 15) is 21.9 Å². The molecule has 0 radical (unpaired) electrons. The van der Waals surface area contributed by atoms with Gasteiger partial charge < -0.3 is 10.8 Å². The summed E-state index contributed by atoms with van der Waals surface area (Å²) in [4.78, 5) is -0.0666. The number of aryl methyl sites for hydroxylation is 1. The van der Waals surface area contributed by atoms with Crippen LogP contribution in [0.5, 0.6) is 0 Å². The Balaban J connectivity index is 0.000000262. The molecule has 0 saturated carbocycles. The van der Waals surface area contributed by atoms with Crippen molar-refractivity contribution < 1.29 is 26.5 Å². The maximum atomic E-state index is 12.2. The number of hydrogen-bond donors (Lipinski definition) is 4. The van der Waals surface area contributed by atoms with Crippen molar-refractivity contribution in [2.45, 2.75) is 37.2 Å². The van der Waals surface area contributed by atoms with E-state index >= 15 is 0 Å². The first-order chi connectivity index (χ1) is 14.5. The Kier molecular flexibility index (Phi) is 8.98. The van der Waals surface area contributed by atoms with Gasteiger partial charge in [-0.2, -0.15) is 21.1 Å². The number of piperidine rings is 1. The van der Waals surface area contributed by atoms with Gasteiger partial charge in [-0.15, -0.1) is 0 Å². The summed E-state index contributed by atoms with van der Waals surface area (Å²) in [5.41, 5.74) is 7.49. The fourth-order valence-electron chi connectivity index (χ4n) is 2.94.